The smallest absolute Gasteiger partial charge is 0.161 e. The predicted molar refractivity (Wildman–Crippen MR) is 87.0 cm³/mol. The largest absolute Gasteiger partial charge is 0.384 e. The van der Waals surface area contributed by atoms with Crippen LogP contribution >= 0.6 is 11.6 Å². The molecule has 0 aromatic carbocycles. The molecule has 112 valence electrons. The summed E-state index contributed by atoms with van der Waals surface area (Å²) in [5, 5.41) is 9.40. The quantitative estimate of drug-likeness (QED) is 0.912. The van der Waals surface area contributed by atoms with Crippen molar-refractivity contribution >= 4 is 28.9 Å². The number of hydrogen-bond acceptors (Lipinski definition) is 6. The van der Waals surface area contributed by atoms with Crippen LogP contribution in [0.2, 0.25) is 5.02 Å². The summed E-state index contributed by atoms with van der Waals surface area (Å²) in [5.41, 5.74) is 6.94. The maximum absolute atomic E-state index is 9.01. The van der Waals surface area contributed by atoms with Crippen LogP contribution < -0.4 is 15.5 Å². The molecule has 3 heterocycles. The second-order valence-corrected chi connectivity index (χ2v) is 5.43. The Balaban J connectivity index is 1.69. The maximum Gasteiger partial charge on any atom is 0.161 e. The second-order valence-electron chi connectivity index (χ2n) is 5.03. The minimum absolute atomic E-state index is 0.268. The highest BCUT2D eigenvalue weighted by atomic mass is 35.5. The maximum atomic E-state index is 9.01. The molecule has 0 saturated carbocycles. The van der Waals surface area contributed by atoms with Crippen LogP contribution in [0.3, 0.4) is 0 Å². The first-order valence-corrected chi connectivity index (χ1v) is 7.33. The highest BCUT2D eigenvalue weighted by Gasteiger charge is 2.19. The number of aromatic nitrogens is 2. The fourth-order valence-electron chi connectivity index (χ4n) is 2.46. The average molecular weight is 315 g/mol. The number of nitrogens with zero attached hydrogens (tertiary/aromatic N) is 5. The van der Waals surface area contributed by atoms with Crippen LogP contribution in [0.5, 0.6) is 0 Å². The summed E-state index contributed by atoms with van der Waals surface area (Å²) < 4.78 is 0. The molecule has 1 aliphatic heterocycles. The number of pyridine rings is 2. The molecule has 1 fully saturated rings. The van der Waals surface area contributed by atoms with Gasteiger partial charge in [-0.3, -0.25) is 0 Å². The van der Waals surface area contributed by atoms with Gasteiger partial charge in [-0.1, -0.05) is 11.6 Å². The van der Waals surface area contributed by atoms with Gasteiger partial charge in [0.05, 0.1) is 16.9 Å². The van der Waals surface area contributed by atoms with E-state index in [0.717, 1.165) is 37.7 Å². The van der Waals surface area contributed by atoms with E-state index in [1.165, 1.54) is 0 Å². The summed E-state index contributed by atoms with van der Waals surface area (Å²) in [5.74, 6) is 1.31. The number of nitriles is 1. The predicted octanol–water partition coefficient (Wildman–Crippen LogP) is 1.91. The van der Waals surface area contributed by atoms with E-state index in [9.17, 15) is 0 Å². The van der Waals surface area contributed by atoms with Gasteiger partial charge in [0, 0.05) is 26.2 Å². The molecule has 0 radical (unpaired) electrons. The molecule has 22 heavy (non-hydrogen) atoms. The van der Waals surface area contributed by atoms with Gasteiger partial charge in [-0.2, -0.15) is 5.26 Å². The number of halogens is 1. The van der Waals surface area contributed by atoms with Crippen molar-refractivity contribution in [2.24, 2.45) is 0 Å². The Labute approximate surface area is 133 Å². The van der Waals surface area contributed by atoms with Crippen LogP contribution in [0.15, 0.2) is 30.5 Å². The number of rotatable bonds is 2. The van der Waals surface area contributed by atoms with Gasteiger partial charge in [0.1, 0.15) is 17.7 Å². The van der Waals surface area contributed by atoms with Crippen molar-refractivity contribution in [2.45, 2.75) is 0 Å². The van der Waals surface area contributed by atoms with E-state index in [4.69, 9.17) is 22.6 Å². The first-order chi connectivity index (χ1) is 10.7. The molecule has 1 aliphatic rings. The molecule has 3 rings (SSSR count). The molecule has 0 aliphatic carbocycles. The third-order valence-corrected chi connectivity index (χ3v) is 3.98. The van der Waals surface area contributed by atoms with Gasteiger partial charge < -0.3 is 15.5 Å². The minimum atomic E-state index is 0.268. The van der Waals surface area contributed by atoms with Crippen molar-refractivity contribution in [1.82, 2.24) is 9.97 Å². The van der Waals surface area contributed by atoms with Gasteiger partial charge in [-0.05, 0) is 24.3 Å². The van der Waals surface area contributed by atoms with Gasteiger partial charge in [-0.15, -0.1) is 0 Å². The Kier molecular flexibility index (Phi) is 3.98. The average Bonchev–Trinajstić information content (AvgIpc) is 2.56. The fraction of sp³-hybridized carbons (Fsp3) is 0.267. The van der Waals surface area contributed by atoms with Crippen molar-refractivity contribution in [1.29, 1.82) is 5.26 Å². The molecule has 2 aromatic rings. The summed E-state index contributed by atoms with van der Waals surface area (Å²) in [7, 11) is 0. The molecule has 2 aromatic heterocycles. The van der Waals surface area contributed by atoms with E-state index >= 15 is 0 Å². The Morgan fingerprint density at radius 3 is 2.45 bits per heavy atom. The molecule has 0 unspecified atom stereocenters. The normalized spacial score (nSPS) is 14.7. The van der Waals surface area contributed by atoms with E-state index in [1.807, 2.05) is 24.3 Å². The van der Waals surface area contributed by atoms with Crippen LogP contribution in [0, 0.1) is 11.3 Å². The lowest BCUT2D eigenvalue weighted by molar-refractivity contribution is 0.646. The standard InChI is InChI=1S/C15H15ClN6/c16-12-2-4-15(20-13(12)9-17)22-7-5-21(6-8-22)11-1-3-14(18)19-10-11/h1-4,10H,5-8H2,(H2,18,19). The highest BCUT2D eigenvalue weighted by molar-refractivity contribution is 6.31. The second kappa shape index (κ2) is 6.08. The van der Waals surface area contributed by atoms with Gasteiger partial charge in [-0.25, -0.2) is 9.97 Å². The zero-order valence-electron chi connectivity index (χ0n) is 11.9. The summed E-state index contributed by atoms with van der Waals surface area (Å²) in [6.07, 6.45) is 1.79. The Morgan fingerprint density at radius 2 is 1.82 bits per heavy atom. The monoisotopic (exact) mass is 314 g/mol. The van der Waals surface area contributed by atoms with Crippen molar-refractivity contribution in [2.75, 3.05) is 41.7 Å². The van der Waals surface area contributed by atoms with Crippen molar-refractivity contribution in [3.05, 3.63) is 41.2 Å². The molecule has 2 N–H and O–H groups in total. The van der Waals surface area contributed by atoms with E-state index in [1.54, 1.807) is 12.3 Å². The van der Waals surface area contributed by atoms with E-state index in [0.29, 0.717) is 10.8 Å². The van der Waals surface area contributed by atoms with Crippen LogP contribution in [0.4, 0.5) is 17.3 Å². The van der Waals surface area contributed by atoms with Gasteiger partial charge in [0.25, 0.3) is 0 Å². The lowest BCUT2D eigenvalue weighted by Gasteiger charge is -2.36. The number of nitrogen functional groups attached to an aromatic ring is 1. The number of anilines is 3. The Hall–Kier alpha value is -2.52. The molecule has 6 nitrogen and oxygen atoms in total. The van der Waals surface area contributed by atoms with Gasteiger partial charge in [0.15, 0.2) is 5.69 Å². The topological polar surface area (TPSA) is 82.1 Å². The fourth-order valence-corrected chi connectivity index (χ4v) is 2.61. The van der Waals surface area contributed by atoms with Crippen LogP contribution in [0.1, 0.15) is 5.69 Å². The van der Waals surface area contributed by atoms with Crippen molar-refractivity contribution in [3.8, 4) is 6.07 Å². The molecular weight excluding hydrogens is 300 g/mol. The van der Waals surface area contributed by atoms with Gasteiger partial charge >= 0.3 is 0 Å². The first-order valence-electron chi connectivity index (χ1n) is 6.95. The van der Waals surface area contributed by atoms with Crippen LogP contribution in [-0.2, 0) is 0 Å². The zero-order chi connectivity index (χ0) is 15.5. The lowest BCUT2D eigenvalue weighted by Crippen LogP contribution is -2.46. The summed E-state index contributed by atoms with van der Waals surface area (Å²) in [6, 6.07) is 9.37. The summed E-state index contributed by atoms with van der Waals surface area (Å²) in [4.78, 5) is 12.8. The third kappa shape index (κ3) is 2.90. The SMILES string of the molecule is N#Cc1nc(N2CCN(c3ccc(N)nc3)CC2)ccc1Cl. The van der Waals surface area contributed by atoms with E-state index in [2.05, 4.69) is 19.8 Å². The molecular formula is C15H15ClN6. The van der Waals surface area contributed by atoms with E-state index < -0.39 is 0 Å². The van der Waals surface area contributed by atoms with Crippen molar-refractivity contribution in [3.63, 3.8) is 0 Å². The number of piperazine rings is 1. The lowest BCUT2D eigenvalue weighted by atomic mass is 10.2. The van der Waals surface area contributed by atoms with Crippen LogP contribution in [0.25, 0.3) is 0 Å². The third-order valence-electron chi connectivity index (χ3n) is 3.68. The molecule has 1 saturated heterocycles. The molecule has 7 heteroatoms. The molecule has 0 bridgehead atoms. The minimum Gasteiger partial charge on any atom is -0.384 e. The summed E-state index contributed by atoms with van der Waals surface area (Å²) >= 11 is 5.92. The number of nitrogens with two attached hydrogens (primary N) is 1. The van der Waals surface area contributed by atoms with Crippen molar-refractivity contribution < 1.29 is 0 Å². The van der Waals surface area contributed by atoms with E-state index in [-0.39, 0.29) is 5.69 Å². The zero-order valence-corrected chi connectivity index (χ0v) is 12.7. The summed E-state index contributed by atoms with van der Waals surface area (Å²) in [6.45, 7) is 3.36. The highest BCUT2D eigenvalue weighted by Crippen LogP contribution is 2.22. The Morgan fingerprint density at radius 1 is 1.09 bits per heavy atom. The van der Waals surface area contributed by atoms with Gasteiger partial charge in [0.2, 0.25) is 0 Å². The molecule has 0 spiro atoms. The number of hydrogen-bond donors (Lipinski definition) is 1. The van der Waals surface area contributed by atoms with Crippen LogP contribution in [-0.4, -0.2) is 36.1 Å². The molecule has 0 atom stereocenters. The molecule has 0 amide bonds. The Bertz CT molecular complexity index is 701. The first kappa shape index (κ1) is 14.4.